The largest absolute Gasteiger partial charge is 0.336 e. The Hall–Kier alpha value is -2.00. The minimum atomic E-state index is -4.13. The average Bonchev–Trinajstić information content (AvgIpc) is 2.82. The highest BCUT2D eigenvalue weighted by atomic mass is 32.2. The van der Waals surface area contributed by atoms with E-state index in [-0.39, 0.29) is 11.6 Å². The molecule has 1 amide bonds. The summed E-state index contributed by atoms with van der Waals surface area (Å²) in [5.41, 5.74) is -0.515. The molecule has 1 saturated heterocycles. The van der Waals surface area contributed by atoms with Crippen LogP contribution in [0.5, 0.6) is 0 Å². The van der Waals surface area contributed by atoms with Gasteiger partial charge in [0.1, 0.15) is 0 Å². The van der Waals surface area contributed by atoms with Gasteiger partial charge in [0, 0.05) is 30.3 Å². The van der Waals surface area contributed by atoms with Crippen LogP contribution in [0.4, 0.5) is 5.69 Å². The summed E-state index contributed by atoms with van der Waals surface area (Å²) in [5, 5.41) is 15.9. The highest BCUT2D eigenvalue weighted by Gasteiger charge is 2.28. The number of nitro benzene ring substituents is 1. The summed E-state index contributed by atoms with van der Waals surface area (Å²) in [6.45, 7) is 2.43. The molecule has 2 rings (SSSR count). The Morgan fingerprint density at radius 2 is 2.10 bits per heavy atom. The second-order valence-electron chi connectivity index (χ2n) is 5.01. The summed E-state index contributed by atoms with van der Waals surface area (Å²) in [5.74, 6) is -0.423. The number of carbonyl (C=O) groups excluding carboxylic acids is 1. The summed E-state index contributed by atoms with van der Waals surface area (Å²) < 4.78 is 22.8. The predicted octanol–water partition coefficient (Wildman–Crippen LogP) is 0.867. The van der Waals surface area contributed by atoms with E-state index >= 15 is 0 Å². The van der Waals surface area contributed by atoms with Gasteiger partial charge in [0.25, 0.3) is 11.6 Å². The summed E-state index contributed by atoms with van der Waals surface area (Å²) in [6, 6.07) is 3.02. The predicted molar refractivity (Wildman–Crippen MR) is 74.2 cm³/mol. The molecule has 1 aliphatic heterocycles. The monoisotopic (exact) mass is 313 g/mol. The van der Waals surface area contributed by atoms with E-state index in [0.717, 1.165) is 31.0 Å². The number of amides is 1. The number of likely N-dealkylation sites (tertiary alicyclic amines) is 1. The van der Waals surface area contributed by atoms with Crippen molar-refractivity contribution in [3.63, 3.8) is 0 Å². The molecule has 114 valence electrons. The second-order valence-corrected chi connectivity index (χ2v) is 6.57. The van der Waals surface area contributed by atoms with Crippen molar-refractivity contribution in [2.45, 2.75) is 30.7 Å². The van der Waals surface area contributed by atoms with E-state index < -0.39 is 31.4 Å². The van der Waals surface area contributed by atoms with Crippen molar-refractivity contribution < 1.29 is 18.1 Å². The molecule has 2 N–H and O–H groups in total. The zero-order valence-electron chi connectivity index (χ0n) is 11.4. The number of primary sulfonamides is 1. The van der Waals surface area contributed by atoms with Gasteiger partial charge in [-0.2, -0.15) is 0 Å². The Morgan fingerprint density at radius 1 is 1.43 bits per heavy atom. The molecule has 0 radical (unpaired) electrons. The Bertz CT molecular complexity index is 701. The number of benzene rings is 1. The smallest absolute Gasteiger partial charge is 0.271 e. The van der Waals surface area contributed by atoms with Crippen LogP contribution in [0.3, 0.4) is 0 Å². The minimum absolute atomic E-state index is 0.0229. The topological polar surface area (TPSA) is 124 Å². The standard InChI is InChI=1S/C12H15N3O5S/c1-8-3-2-4-14(8)12(16)9-5-10(15(17)18)7-11(6-9)21(13,19)20/h5-8H,2-4H2,1H3,(H2,13,19,20). The van der Waals surface area contributed by atoms with E-state index in [9.17, 15) is 23.3 Å². The van der Waals surface area contributed by atoms with E-state index in [1.54, 1.807) is 4.90 Å². The van der Waals surface area contributed by atoms with Crippen LogP contribution in [0.15, 0.2) is 23.1 Å². The van der Waals surface area contributed by atoms with Gasteiger partial charge in [0.05, 0.1) is 9.82 Å². The van der Waals surface area contributed by atoms with Crippen molar-refractivity contribution in [3.8, 4) is 0 Å². The Kier molecular flexibility index (Phi) is 3.97. The highest BCUT2D eigenvalue weighted by Crippen LogP contribution is 2.24. The van der Waals surface area contributed by atoms with Gasteiger partial charge in [0.2, 0.25) is 10.0 Å². The zero-order valence-corrected chi connectivity index (χ0v) is 12.2. The average molecular weight is 313 g/mol. The van der Waals surface area contributed by atoms with Crippen LogP contribution in [0.2, 0.25) is 0 Å². The van der Waals surface area contributed by atoms with Crippen molar-refractivity contribution in [3.05, 3.63) is 33.9 Å². The molecule has 0 spiro atoms. The maximum Gasteiger partial charge on any atom is 0.271 e. The van der Waals surface area contributed by atoms with Crippen LogP contribution in [0, 0.1) is 10.1 Å². The molecular weight excluding hydrogens is 298 g/mol. The van der Waals surface area contributed by atoms with Crippen LogP contribution < -0.4 is 5.14 Å². The van der Waals surface area contributed by atoms with E-state index in [4.69, 9.17) is 5.14 Å². The fourth-order valence-corrected chi connectivity index (χ4v) is 2.95. The molecule has 0 aromatic heterocycles. The molecule has 1 heterocycles. The summed E-state index contributed by atoms with van der Waals surface area (Å²) in [4.78, 5) is 23.7. The fraction of sp³-hybridized carbons (Fsp3) is 0.417. The van der Waals surface area contributed by atoms with Crippen molar-refractivity contribution in [1.29, 1.82) is 0 Å². The number of hydrogen-bond acceptors (Lipinski definition) is 5. The first-order valence-electron chi connectivity index (χ1n) is 6.33. The summed E-state index contributed by atoms with van der Waals surface area (Å²) >= 11 is 0. The molecule has 0 aliphatic carbocycles. The first-order valence-corrected chi connectivity index (χ1v) is 7.88. The van der Waals surface area contributed by atoms with E-state index in [1.165, 1.54) is 0 Å². The van der Waals surface area contributed by atoms with Gasteiger partial charge >= 0.3 is 0 Å². The summed E-state index contributed by atoms with van der Waals surface area (Å²) in [6.07, 6.45) is 1.70. The molecule has 0 bridgehead atoms. The molecule has 9 heteroatoms. The lowest BCUT2D eigenvalue weighted by Crippen LogP contribution is -2.33. The van der Waals surface area contributed by atoms with Gasteiger partial charge < -0.3 is 4.90 Å². The quantitative estimate of drug-likeness (QED) is 0.655. The van der Waals surface area contributed by atoms with E-state index in [2.05, 4.69) is 0 Å². The maximum absolute atomic E-state index is 12.4. The molecule has 1 unspecified atom stereocenters. The molecule has 8 nitrogen and oxygen atoms in total. The van der Waals surface area contributed by atoms with Gasteiger partial charge in [-0.3, -0.25) is 14.9 Å². The van der Waals surface area contributed by atoms with Crippen LogP contribution in [-0.4, -0.2) is 36.7 Å². The van der Waals surface area contributed by atoms with Crippen LogP contribution in [0.1, 0.15) is 30.1 Å². The molecule has 1 aromatic carbocycles. The third-order valence-electron chi connectivity index (χ3n) is 3.49. The fourth-order valence-electron chi connectivity index (χ4n) is 2.38. The highest BCUT2D eigenvalue weighted by molar-refractivity contribution is 7.89. The lowest BCUT2D eigenvalue weighted by atomic mass is 10.1. The lowest BCUT2D eigenvalue weighted by Gasteiger charge is -2.21. The molecule has 0 saturated carbocycles. The zero-order chi connectivity index (χ0) is 15.8. The van der Waals surface area contributed by atoms with Crippen molar-refractivity contribution >= 4 is 21.6 Å². The Labute approximate surface area is 121 Å². The lowest BCUT2D eigenvalue weighted by molar-refractivity contribution is -0.385. The third kappa shape index (κ3) is 3.19. The molecule has 1 fully saturated rings. The van der Waals surface area contributed by atoms with E-state index in [0.29, 0.717) is 6.54 Å². The number of sulfonamides is 1. The van der Waals surface area contributed by atoms with Gasteiger partial charge in [-0.15, -0.1) is 0 Å². The van der Waals surface area contributed by atoms with Gasteiger partial charge in [0.15, 0.2) is 0 Å². The van der Waals surface area contributed by atoms with Crippen LogP contribution >= 0.6 is 0 Å². The minimum Gasteiger partial charge on any atom is -0.336 e. The number of carbonyl (C=O) groups is 1. The number of nitrogens with two attached hydrogens (primary N) is 1. The Morgan fingerprint density at radius 3 is 2.57 bits per heavy atom. The number of hydrogen-bond donors (Lipinski definition) is 1. The SMILES string of the molecule is CC1CCCN1C(=O)c1cc([N+](=O)[O-])cc(S(N)(=O)=O)c1. The Balaban J connectivity index is 2.50. The molecule has 21 heavy (non-hydrogen) atoms. The molecule has 1 aromatic rings. The van der Waals surface area contributed by atoms with Crippen LogP contribution in [-0.2, 0) is 10.0 Å². The number of rotatable bonds is 3. The second kappa shape index (κ2) is 5.41. The summed E-state index contributed by atoms with van der Waals surface area (Å²) in [7, 11) is -4.13. The number of non-ortho nitro benzene ring substituents is 1. The normalized spacial score (nSPS) is 18.8. The molecular formula is C12H15N3O5S. The first kappa shape index (κ1) is 15.4. The third-order valence-corrected chi connectivity index (χ3v) is 4.38. The van der Waals surface area contributed by atoms with Crippen molar-refractivity contribution in [1.82, 2.24) is 4.90 Å². The van der Waals surface area contributed by atoms with Gasteiger partial charge in [-0.1, -0.05) is 0 Å². The molecule has 1 atom stereocenters. The van der Waals surface area contributed by atoms with Crippen molar-refractivity contribution in [2.75, 3.05) is 6.54 Å². The maximum atomic E-state index is 12.4. The van der Waals surface area contributed by atoms with Gasteiger partial charge in [-0.05, 0) is 25.8 Å². The number of nitro groups is 1. The number of nitrogens with zero attached hydrogens (tertiary/aromatic N) is 2. The molecule has 1 aliphatic rings. The first-order chi connectivity index (χ1) is 9.70. The van der Waals surface area contributed by atoms with Crippen molar-refractivity contribution in [2.24, 2.45) is 5.14 Å². The van der Waals surface area contributed by atoms with Gasteiger partial charge in [-0.25, -0.2) is 13.6 Å². The van der Waals surface area contributed by atoms with E-state index in [1.807, 2.05) is 6.92 Å². The van der Waals surface area contributed by atoms with Crippen LogP contribution in [0.25, 0.3) is 0 Å².